The van der Waals surface area contributed by atoms with Crippen LogP contribution in [-0.2, 0) is 20.0 Å². The Morgan fingerprint density at radius 1 is 0.902 bits per heavy atom. The molecule has 0 atom stereocenters. The Morgan fingerprint density at radius 3 is 2.17 bits per heavy atom. The van der Waals surface area contributed by atoms with Gasteiger partial charge in [-0.15, -0.1) is 0 Å². The van der Waals surface area contributed by atoms with Gasteiger partial charge in [-0.2, -0.15) is 13.5 Å². The first kappa shape index (κ1) is 28.3. The molecule has 3 aromatic carbocycles. The number of sulfonamides is 2. The number of aliphatic imine (C=N–C) groups is 1. The summed E-state index contributed by atoms with van der Waals surface area (Å²) in [5.41, 5.74) is 1.33. The highest BCUT2D eigenvalue weighted by Gasteiger charge is 2.29. The molecule has 0 amide bonds. The molecule has 14 heteroatoms. The number of para-hydroxylation sites is 1. The summed E-state index contributed by atoms with van der Waals surface area (Å²) in [6, 6.07) is 19.4. The van der Waals surface area contributed by atoms with Gasteiger partial charge in [-0.25, -0.2) is 16.8 Å². The van der Waals surface area contributed by atoms with Gasteiger partial charge in [0.05, 0.1) is 43.0 Å². The molecule has 0 saturated carbocycles. The topological polar surface area (TPSA) is 131 Å². The Labute approximate surface area is 242 Å². The molecule has 5 rings (SSSR count). The van der Waals surface area contributed by atoms with Gasteiger partial charge in [0, 0.05) is 17.1 Å². The highest BCUT2D eigenvalue weighted by molar-refractivity contribution is 8.09. The Balaban J connectivity index is 1.54. The zero-order valence-corrected chi connectivity index (χ0v) is 24.3. The third-order valence-corrected chi connectivity index (χ3v) is 9.55. The summed E-state index contributed by atoms with van der Waals surface area (Å²) in [5.74, 6) is 0.342. The summed E-state index contributed by atoms with van der Waals surface area (Å²) >= 11 is 6.00. The zero-order chi connectivity index (χ0) is 29.4. The highest BCUT2D eigenvalue weighted by atomic mass is 35.5. The molecule has 4 aromatic rings. The fourth-order valence-corrected chi connectivity index (χ4v) is 7.49. The molecule has 0 N–H and O–H groups in total. The van der Waals surface area contributed by atoms with E-state index in [1.807, 2.05) is 0 Å². The monoisotopic (exact) mass is 613 g/mol. The van der Waals surface area contributed by atoms with E-state index in [2.05, 4.69) is 10.1 Å². The van der Waals surface area contributed by atoms with Crippen LogP contribution >= 0.6 is 11.6 Å². The van der Waals surface area contributed by atoms with Crippen molar-refractivity contribution < 1.29 is 21.6 Å². The van der Waals surface area contributed by atoms with Gasteiger partial charge in [0.15, 0.2) is 0 Å². The van der Waals surface area contributed by atoms with Crippen molar-refractivity contribution >= 4 is 49.4 Å². The number of rotatable bonds is 8. The number of hydrogen-bond acceptors (Lipinski definition) is 9. The molecule has 0 fully saturated rings. The highest BCUT2D eigenvalue weighted by Crippen LogP contribution is 2.36. The van der Waals surface area contributed by atoms with Crippen LogP contribution in [0.5, 0.6) is 11.5 Å². The summed E-state index contributed by atoms with van der Waals surface area (Å²) in [5, 5.41) is 4.83. The van der Waals surface area contributed by atoms with E-state index in [1.165, 1.54) is 16.9 Å². The summed E-state index contributed by atoms with van der Waals surface area (Å²) in [7, 11) is -8.29. The van der Waals surface area contributed by atoms with Crippen molar-refractivity contribution in [2.45, 2.75) is 0 Å². The third-order valence-electron chi connectivity index (χ3n) is 6.07. The quantitative estimate of drug-likeness (QED) is 0.292. The number of anilines is 2. The molecule has 1 aliphatic heterocycles. The zero-order valence-electron chi connectivity index (χ0n) is 21.9. The Bertz CT molecular complexity index is 1880. The van der Waals surface area contributed by atoms with Gasteiger partial charge in [0.2, 0.25) is 25.8 Å². The van der Waals surface area contributed by atoms with Crippen molar-refractivity contribution in [2.75, 3.05) is 34.2 Å². The lowest BCUT2D eigenvalue weighted by atomic mass is 10.0. The standard InChI is InChI=1S/C27H24ClN5O6S2/c1-40(35,36)33(41(2,37)38)24-6-4-3-5-23(24)19-7-13-22(14-8-19)39-26-25(31-16-15-29-18-31)17-30-32(27(26)34)21-11-9-20(28)10-12-21/h3-14,17-18H,15-16H2,1-2H3. The second-order valence-corrected chi connectivity index (χ2v) is 13.5. The first-order valence-electron chi connectivity index (χ1n) is 12.2. The minimum Gasteiger partial charge on any atom is -0.449 e. The van der Waals surface area contributed by atoms with Crippen LogP contribution in [0.1, 0.15) is 0 Å². The lowest BCUT2D eigenvalue weighted by molar-refractivity contribution is 0.468. The van der Waals surface area contributed by atoms with Crippen LogP contribution in [0.15, 0.2) is 88.8 Å². The van der Waals surface area contributed by atoms with E-state index in [-0.39, 0.29) is 11.4 Å². The average Bonchev–Trinajstić information content (AvgIpc) is 3.45. The average molecular weight is 614 g/mol. The molecule has 1 aliphatic rings. The molecule has 41 heavy (non-hydrogen) atoms. The van der Waals surface area contributed by atoms with E-state index in [9.17, 15) is 21.6 Å². The smallest absolute Gasteiger partial charge is 0.316 e. The summed E-state index contributed by atoms with van der Waals surface area (Å²) in [4.78, 5) is 19.6. The minimum absolute atomic E-state index is 0.0123. The van der Waals surface area contributed by atoms with Gasteiger partial charge in [-0.05, 0) is 48.0 Å². The number of nitrogens with zero attached hydrogens (tertiary/aromatic N) is 5. The normalized spacial score (nSPS) is 13.4. The Kier molecular flexibility index (Phi) is 7.60. The maximum absolute atomic E-state index is 13.6. The molecular formula is C27H24ClN5O6S2. The van der Waals surface area contributed by atoms with E-state index < -0.39 is 25.6 Å². The van der Waals surface area contributed by atoms with Crippen molar-refractivity contribution in [3.8, 4) is 28.3 Å². The number of ether oxygens (including phenoxy) is 1. The van der Waals surface area contributed by atoms with Crippen molar-refractivity contribution in [1.82, 2.24) is 9.78 Å². The van der Waals surface area contributed by atoms with Gasteiger partial charge in [-0.3, -0.25) is 9.79 Å². The van der Waals surface area contributed by atoms with Crippen molar-refractivity contribution in [3.63, 3.8) is 0 Å². The van der Waals surface area contributed by atoms with Gasteiger partial charge in [-0.1, -0.05) is 41.9 Å². The van der Waals surface area contributed by atoms with Crippen LogP contribution in [0.4, 0.5) is 11.4 Å². The predicted molar refractivity (Wildman–Crippen MR) is 160 cm³/mol. The second kappa shape index (κ2) is 11.0. The van der Waals surface area contributed by atoms with E-state index in [4.69, 9.17) is 16.3 Å². The van der Waals surface area contributed by atoms with Gasteiger partial charge < -0.3 is 9.64 Å². The second-order valence-electron chi connectivity index (χ2n) is 9.13. The van der Waals surface area contributed by atoms with Crippen LogP contribution in [0.3, 0.4) is 0 Å². The van der Waals surface area contributed by atoms with Crippen LogP contribution < -0.4 is 18.9 Å². The minimum atomic E-state index is -4.15. The van der Waals surface area contributed by atoms with Crippen LogP contribution in [0, 0.1) is 0 Å². The fourth-order valence-electron chi connectivity index (χ4n) is 4.36. The van der Waals surface area contributed by atoms with Crippen LogP contribution in [0.2, 0.25) is 5.02 Å². The SMILES string of the molecule is CS(=O)(=O)N(c1ccccc1-c1ccc(Oc2c(N3C=NCC3)cnn(-c3ccc(Cl)cc3)c2=O)cc1)S(C)(=O)=O. The molecule has 1 aromatic heterocycles. The largest absolute Gasteiger partial charge is 0.449 e. The number of halogens is 1. The van der Waals surface area contributed by atoms with Crippen LogP contribution in [-0.4, -0.2) is 58.6 Å². The van der Waals surface area contributed by atoms with E-state index in [1.54, 1.807) is 78.0 Å². The summed E-state index contributed by atoms with van der Waals surface area (Å²) < 4.78 is 57.4. The molecule has 212 valence electrons. The molecule has 0 saturated heterocycles. The molecule has 11 nitrogen and oxygen atoms in total. The van der Waals surface area contributed by atoms with E-state index in [0.29, 0.717) is 50.1 Å². The lowest BCUT2D eigenvalue weighted by Crippen LogP contribution is -2.35. The molecule has 0 radical (unpaired) electrons. The predicted octanol–water partition coefficient (Wildman–Crippen LogP) is 3.92. The molecule has 0 bridgehead atoms. The van der Waals surface area contributed by atoms with Crippen LogP contribution in [0.25, 0.3) is 16.8 Å². The Morgan fingerprint density at radius 2 is 1.56 bits per heavy atom. The van der Waals surface area contributed by atoms with Gasteiger partial charge >= 0.3 is 5.56 Å². The molecule has 0 spiro atoms. The van der Waals surface area contributed by atoms with E-state index in [0.717, 1.165) is 12.5 Å². The van der Waals surface area contributed by atoms with Gasteiger partial charge in [0.1, 0.15) is 11.4 Å². The lowest BCUT2D eigenvalue weighted by Gasteiger charge is -2.22. The first-order valence-corrected chi connectivity index (χ1v) is 16.2. The molecular weight excluding hydrogens is 590 g/mol. The summed E-state index contributed by atoms with van der Waals surface area (Å²) in [6.07, 6.45) is 4.80. The maximum atomic E-state index is 13.6. The number of aromatic nitrogens is 2. The first-order chi connectivity index (χ1) is 19.4. The van der Waals surface area contributed by atoms with Crippen molar-refractivity contribution in [1.29, 1.82) is 0 Å². The summed E-state index contributed by atoms with van der Waals surface area (Å²) in [6.45, 7) is 1.11. The van der Waals surface area contributed by atoms with E-state index >= 15 is 0 Å². The third kappa shape index (κ3) is 5.97. The Hall–Kier alpha value is -4.20. The number of benzene rings is 3. The fraction of sp³-hybridized carbons (Fsp3) is 0.148. The molecule has 0 unspecified atom stereocenters. The van der Waals surface area contributed by atoms with Crippen molar-refractivity contribution in [3.05, 3.63) is 94.4 Å². The number of hydrogen-bond donors (Lipinski definition) is 0. The van der Waals surface area contributed by atoms with Crippen molar-refractivity contribution in [2.24, 2.45) is 4.99 Å². The molecule has 0 aliphatic carbocycles. The maximum Gasteiger partial charge on any atom is 0.316 e. The molecule has 2 heterocycles. The van der Waals surface area contributed by atoms with Gasteiger partial charge in [0.25, 0.3) is 0 Å².